The maximum Gasteiger partial charge on any atom is 0.243 e. The molecule has 0 aromatic heterocycles. The van der Waals surface area contributed by atoms with E-state index >= 15 is 0 Å². The first-order valence-electron chi connectivity index (χ1n) is 7.02. The van der Waals surface area contributed by atoms with Crippen molar-refractivity contribution in [2.75, 3.05) is 7.11 Å². The lowest BCUT2D eigenvalue weighted by molar-refractivity contribution is -0.116. The summed E-state index contributed by atoms with van der Waals surface area (Å²) in [5.74, 6) is 1.30. The van der Waals surface area contributed by atoms with Gasteiger partial charge in [0.25, 0.3) is 0 Å². The summed E-state index contributed by atoms with van der Waals surface area (Å²) in [5.41, 5.74) is 1.06. The van der Waals surface area contributed by atoms with E-state index in [-0.39, 0.29) is 5.91 Å². The van der Waals surface area contributed by atoms with Crippen LogP contribution in [0.3, 0.4) is 0 Å². The molecule has 1 aromatic carbocycles. The molecule has 106 valence electrons. The van der Waals surface area contributed by atoms with Crippen molar-refractivity contribution < 1.29 is 9.53 Å². The lowest BCUT2D eigenvalue weighted by Crippen LogP contribution is -2.20. The van der Waals surface area contributed by atoms with Crippen molar-refractivity contribution >= 4 is 5.91 Å². The van der Waals surface area contributed by atoms with Crippen molar-refractivity contribution in [3.8, 4) is 5.75 Å². The summed E-state index contributed by atoms with van der Waals surface area (Å²) in [4.78, 5) is 11.7. The summed E-state index contributed by atoms with van der Waals surface area (Å²) in [6.07, 6.45) is 11.4. The number of benzene rings is 1. The first kappa shape index (κ1) is 14.4. The second-order valence-electron chi connectivity index (χ2n) is 4.97. The van der Waals surface area contributed by atoms with Crippen LogP contribution in [0.5, 0.6) is 5.75 Å². The van der Waals surface area contributed by atoms with Crippen LogP contribution in [0.2, 0.25) is 0 Å². The fourth-order valence-electron chi connectivity index (χ4n) is 2.21. The van der Waals surface area contributed by atoms with E-state index in [9.17, 15) is 4.79 Å². The molecule has 20 heavy (non-hydrogen) atoms. The highest BCUT2D eigenvalue weighted by Gasteiger charge is 2.06. The maximum atomic E-state index is 11.7. The zero-order chi connectivity index (χ0) is 14.2. The van der Waals surface area contributed by atoms with Crippen molar-refractivity contribution in [2.24, 2.45) is 5.92 Å². The molecule has 1 aromatic rings. The number of nitrogens with one attached hydrogen (secondary N) is 1. The minimum Gasteiger partial charge on any atom is -0.497 e. The van der Waals surface area contributed by atoms with Crippen LogP contribution >= 0.6 is 0 Å². The molecular formula is C17H21NO2. The van der Waals surface area contributed by atoms with Gasteiger partial charge in [-0.05, 0) is 49.0 Å². The summed E-state index contributed by atoms with van der Waals surface area (Å²) in [5, 5.41) is 2.89. The third-order valence-electron chi connectivity index (χ3n) is 3.46. The Balaban J connectivity index is 1.76. The Labute approximate surface area is 120 Å². The molecule has 1 aliphatic carbocycles. The number of carbonyl (C=O) groups is 1. The number of hydrogen-bond donors (Lipinski definition) is 1. The highest BCUT2D eigenvalue weighted by molar-refractivity contribution is 5.87. The molecule has 0 aliphatic heterocycles. The quantitative estimate of drug-likeness (QED) is 0.659. The standard InChI is InChI=1S/C17H21NO2/c1-20-16-10-7-15(8-11-16)13-18-17(19)12-9-14-5-3-2-4-6-14/h2-3,7-12,14H,4-6,13H2,1H3,(H,18,19)/b12-9+. The van der Waals surface area contributed by atoms with E-state index in [0.29, 0.717) is 12.5 Å². The molecular weight excluding hydrogens is 250 g/mol. The first-order chi connectivity index (χ1) is 9.78. The Morgan fingerprint density at radius 3 is 2.80 bits per heavy atom. The molecule has 1 aliphatic rings. The second kappa shape index (κ2) is 7.53. The monoisotopic (exact) mass is 271 g/mol. The van der Waals surface area contributed by atoms with Gasteiger partial charge in [-0.1, -0.05) is 30.4 Å². The van der Waals surface area contributed by atoms with Gasteiger partial charge in [-0.3, -0.25) is 4.79 Å². The molecule has 2 rings (SSSR count). The fraction of sp³-hybridized carbons (Fsp3) is 0.353. The number of ether oxygens (including phenoxy) is 1. The van der Waals surface area contributed by atoms with Crippen molar-refractivity contribution in [2.45, 2.75) is 25.8 Å². The van der Waals surface area contributed by atoms with Crippen LogP contribution in [0.4, 0.5) is 0 Å². The van der Waals surface area contributed by atoms with Gasteiger partial charge in [0, 0.05) is 6.54 Å². The molecule has 1 unspecified atom stereocenters. The molecule has 0 saturated carbocycles. The van der Waals surface area contributed by atoms with Gasteiger partial charge in [-0.15, -0.1) is 0 Å². The van der Waals surface area contributed by atoms with Crippen LogP contribution in [0.1, 0.15) is 24.8 Å². The summed E-state index contributed by atoms with van der Waals surface area (Å²) in [7, 11) is 1.64. The summed E-state index contributed by atoms with van der Waals surface area (Å²) < 4.78 is 5.10. The van der Waals surface area contributed by atoms with Gasteiger partial charge in [0.05, 0.1) is 7.11 Å². The molecule has 0 heterocycles. The van der Waals surface area contributed by atoms with Crippen molar-refractivity contribution in [3.63, 3.8) is 0 Å². The molecule has 1 amide bonds. The third-order valence-corrected chi connectivity index (χ3v) is 3.46. The Bertz CT molecular complexity index is 488. The Hall–Kier alpha value is -2.03. The molecule has 1 N–H and O–H groups in total. The van der Waals surface area contributed by atoms with Gasteiger partial charge in [-0.2, -0.15) is 0 Å². The van der Waals surface area contributed by atoms with Gasteiger partial charge in [-0.25, -0.2) is 0 Å². The molecule has 0 bridgehead atoms. The minimum absolute atomic E-state index is 0.0321. The average molecular weight is 271 g/mol. The van der Waals surface area contributed by atoms with Gasteiger partial charge < -0.3 is 10.1 Å². The van der Waals surface area contributed by atoms with Crippen LogP contribution in [0.15, 0.2) is 48.6 Å². The molecule has 3 nitrogen and oxygen atoms in total. The zero-order valence-corrected chi connectivity index (χ0v) is 11.8. The SMILES string of the molecule is COc1ccc(CNC(=O)/C=C/C2CC=CCC2)cc1. The molecule has 1 atom stereocenters. The van der Waals surface area contributed by atoms with Crippen molar-refractivity contribution in [1.29, 1.82) is 0 Å². The van der Waals surface area contributed by atoms with Gasteiger partial charge >= 0.3 is 0 Å². The first-order valence-corrected chi connectivity index (χ1v) is 7.02. The number of hydrogen-bond acceptors (Lipinski definition) is 2. The topological polar surface area (TPSA) is 38.3 Å². The Kier molecular flexibility index (Phi) is 5.42. The van der Waals surface area contributed by atoms with E-state index in [4.69, 9.17) is 4.74 Å². The zero-order valence-electron chi connectivity index (χ0n) is 11.8. The summed E-state index contributed by atoms with van der Waals surface area (Å²) in [6, 6.07) is 7.70. The van der Waals surface area contributed by atoms with Crippen molar-refractivity contribution in [3.05, 3.63) is 54.1 Å². The number of methoxy groups -OCH3 is 1. The molecule has 3 heteroatoms. The molecule has 0 saturated heterocycles. The number of allylic oxidation sites excluding steroid dienone is 3. The van der Waals surface area contributed by atoms with Crippen molar-refractivity contribution in [1.82, 2.24) is 5.32 Å². The molecule has 0 fully saturated rings. The van der Waals surface area contributed by atoms with E-state index in [1.165, 1.54) is 0 Å². The number of carbonyl (C=O) groups excluding carboxylic acids is 1. The highest BCUT2D eigenvalue weighted by Crippen LogP contribution is 2.18. The van der Waals surface area contributed by atoms with Crippen LogP contribution < -0.4 is 10.1 Å². The highest BCUT2D eigenvalue weighted by atomic mass is 16.5. The third kappa shape index (κ3) is 4.57. The predicted octanol–water partition coefficient (Wildman–Crippen LogP) is 3.22. The van der Waals surface area contributed by atoms with Crippen LogP contribution in [-0.4, -0.2) is 13.0 Å². The van der Waals surface area contributed by atoms with E-state index in [0.717, 1.165) is 30.6 Å². The van der Waals surface area contributed by atoms with Crippen LogP contribution in [-0.2, 0) is 11.3 Å². The Morgan fingerprint density at radius 2 is 2.15 bits per heavy atom. The van der Waals surface area contributed by atoms with Gasteiger partial charge in [0.2, 0.25) is 5.91 Å². The average Bonchev–Trinajstić information content (AvgIpc) is 2.52. The van der Waals surface area contributed by atoms with E-state index in [1.54, 1.807) is 13.2 Å². The Morgan fingerprint density at radius 1 is 1.35 bits per heavy atom. The summed E-state index contributed by atoms with van der Waals surface area (Å²) >= 11 is 0. The smallest absolute Gasteiger partial charge is 0.243 e. The second-order valence-corrected chi connectivity index (χ2v) is 4.97. The lowest BCUT2D eigenvalue weighted by atomic mass is 9.94. The van der Waals surface area contributed by atoms with E-state index in [2.05, 4.69) is 17.5 Å². The molecule has 0 radical (unpaired) electrons. The lowest BCUT2D eigenvalue weighted by Gasteiger charge is -2.12. The van der Waals surface area contributed by atoms with Gasteiger partial charge in [0.1, 0.15) is 5.75 Å². The van der Waals surface area contributed by atoms with Gasteiger partial charge in [0.15, 0.2) is 0 Å². The number of rotatable bonds is 5. The van der Waals surface area contributed by atoms with Crippen LogP contribution in [0, 0.1) is 5.92 Å². The molecule has 0 spiro atoms. The van der Waals surface area contributed by atoms with E-state index < -0.39 is 0 Å². The predicted molar refractivity (Wildman–Crippen MR) is 80.5 cm³/mol. The normalized spacial score (nSPS) is 18.1. The fourth-order valence-corrected chi connectivity index (χ4v) is 2.21. The minimum atomic E-state index is -0.0321. The number of amides is 1. The van der Waals surface area contributed by atoms with Crippen LogP contribution in [0.25, 0.3) is 0 Å². The van der Waals surface area contributed by atoms with E-state index in [1.807, 2.05) is 30.3 Å². The maximum absolute atomic E-state index is 11.7. The largest absolute Gasteiger partial charge is 0.497 e. The summed E-state index contributed by atoms with van der Waals surface area (Å²) in [6.45, 7) is 0.539.